The molecule has 0 spiro atoms. The molecule has 3 heteroatoms. The van der Waals surface area contributed by atoms with Gasteiger partial charge in [0.05, 0.1) is 12.7 Å². The zero-order valence-corrected chi connectivity index (χ0v) is 12.9. The first kappa shape index (κ1) is 16.9. The number of nitrogens with one attached hydrogen (secondary N) is 1. The van der Waals surface area contributed by atoms with Gasteiger partial charge in [-0.2, -0.15) is 0 Å². The summed E-state index contributed by atoms with van der Waals surface area (Å²) in [5, 5.41) is 13.3. The third-order valence-electron chi connectivity index (χ3n) is 4.23. The Balaban J connectivity index is 1.93. The molecule has 1 rings (SSSR count). The zero-order valence-electron chi connectivity index (χ0n) is 12.9. The predicted octanol–water partition coefficient (Wildman–Crippen LogP) is 3.11. The summed E-state index contributed by atoms with van der Waals surface area (Å²) in [6, 6.07) is 0.529. The van der Waals surface area contributed by atoms with Gasteiger partial charge in [-0.1, -0.05) is 39.0 Å². The van der Waals surface area contributed by atoms with Crippen molar-refractivity contribution >= 4 is 0 Å². The van der Waals surface area contributed by atoms with Crippen LogP contribution in [0, 0.1) is 5.92 Å². The van der Waals surface area contributed by atoms with Crippen LogP contribution in [-0.2, 0) is 4.74 Å². The SMILES string of the molecule is CCCCCCOCC(O)CNC(C)C1CCCC1. The molecule has 1 aliphatic carbocycles. The number of rotatable bonds is 11. The molecule has 2 unspecified atom stereocenters. The molecule has 1 aliphatic rings. The Labute approximate surface area is 119 Å². The average Bonchev–Trinajstić information content (AvgIpc) is 2.94. The number of aliphatic hydroxyl groups is 1. The van der Waals surface area contributed by atoms with Crippen molar-refractivity contribution in [3.8, 4) is 0 Å². The standard InChI is InChI=1S/C16H33NO2/c1-3-4-5-8-11-19-13-16(18)12-17-14(2)15-9-6-7-10-15/h14-18H,3-13H2,1-2H3. The van der Waals surface area contributed by atoms with E-state index in [1.54, 1.807) is 0 Å². The largest absolute Gasteiger partial charge is 0.389 e. The summed E-state index contributed by atoms with van der Waals surface area (Å²) in [5.74, 6) is 0.808. The van der Waals surface area contributed by atoms with Crippen molar-refractivity contribution < 1.29 is 9.84 Å². The van der Waals surface area contributed by atoms with Crippen molar-refractivity contribution in [3.05, 3.63) is 0 Å². The molecule has 0 heterocycles. The molecule has 2 atom stereocenters. The van der Waals surface area contributed by atoms with Crippen molar-refractivity contribution in [2.45, 2.75) is 77.4 Å². The molecule has 2 N–H and O–H groups in total. The Morgan fingerprint density at radius 1 is 1.21 bits per heavy atom. The van der Waals surface area contributed by atoms with Crippen molar-refractivity contribution in [3.63, 3.8) is 0 Å². The Morgan fingerprint density at radius 2 is 1.95 bits per heavy atom. The van der Waals surface area contributed by atoms with Crippen LogP contribution in [0.3, 0.4) is 0 Å². The summed E-state index contributed by atoms with van der Waals surface area (Å²) in [4.78, 5) is 0. The van der Waals surface area contributed by atoms with Crippen LogP contribution in [0.15, 0.2) is 0 Å². The zero-order chi connectivity index (χ0) is 13.9. The molecule has 1 fully saturated rings. The van der Waals surface area contributed by atoms with Crippen LogP contribution in [0.4, 0.5) is 0 Å². The van der Waals surface area contributed by atoms with Gasteiger partial charge < -0.3 is 15.2 Å². The van der Waals surface area contributed by atoms with E-state index in [4.69, 9.17) is 4.74 Å². The van der Waals surface area contributed by atoms with E-state index in [1.807, 2.05) is 0 Å². The summed E-state index contributed by atoms with van der Waals surface area (Å²) < 4.78 is 5.51. The Hall–Kier alpha value is -0.120. The smallest absolute Gasteiger partial charge is 0.0897 e. The molecule has 19 heavy (non-hydrogen) atoms. The van der Waals surface area contributed by atoms with Gasteiger partial charge in [0.1, 0.15) is 0 Å². The maximum absolute atomic E-state index is 9.86. The topological polar surface area (TPSA) is 41.5 Å². The number of ether oxygens (including phenoxy) is 1. The first-order chi connectivity index (χ1) is 9.24. The highest BCUT2D eigenvalue weighted by Gasteiger charge is 2.21. The van der Waals surface area contributed by atoms with Crippen molar-refractivity contribution in [1.29, 1.82) is 0 Å². The minimum Gasteiger partial charge on any atom is -0.389 e. The lowest BCUT2D eigenvalue weighted by molar-refractivity contribution is 0.0334. The predicted molar refractivity (Wildman–Crippen MR) is 80.4 cm³/mol. The molecule has 114 valence electrons. The molecule has 0 amide bonds. The monoisotopic (exact) mass is 271 g/mol. The van der Waals surface area contributed by atoms with Crippen LogP contribution in [0.1, 0.15) is 65.2 Å². The van der Waals surface area contributed by atoms with Gasteiger partial charge in [0.2, 0.25) is 0 Å². The minimum absolute atomic E-state index is 0.366. The van der Waals surface area contributed by atoms with Crippen LogP contribution < -0.4 is 5.32 Å². The highest BCUT2D eigenvalue weighted by Crippen LogP contribution is 2.27. The minimum atomic E-state index is -0.366. The Kier molecular flexibility index (Phi) is 9.48. The molecule has 0 bridgehead atoms. The average molecular weight is 271 g/mol. The van der Waals surface area contributed by atoms with Gasteiger partial charge >= 0.3 is 0 Å². The second-order valence-corrected chi connectivity index (χ2v) is 6.03. The Morgan fingerprint density at radius 3 is 2.63 bits per heavy atom. The first-order valence-electron chi connectivity index (χ1n) is 8.23. The van der Waals surface area contributed by atoms with E-state index in [1.165, 1.54) is 44.9 Å². The van der Waals surface area contributed by atoms with Gasteiger partial charge in [0.15, 0.2) is 0 Å². The van der Waals surface area contributed by atoms with Gasteiger partial charge in [0, 0.05) is 19.2 Å². The molecule has 3 nitrogen and oxygen atoms in total. The summed E-state index contributed by atoms with van der Waals surface area (Å²) in [7, 11) is 0. The quantitative estimate of drug-likeness (QED) is 0.567. The van der Waals surface area contributed by atoms with E-state index in [0.29, 0.717) is 19.2 Å². The van der Waals surface area contributed by atoms with Crippen LogP contribution in [0.25, 0.3) is 0 Å². The number of unbranched alkanes of at least 4 members (excludes halogenated alkanes) is 3. The lowest BCUT2D eigenvalue weighted by Crippen LogP contribution is -2.39. The second-order valence-electron chi connectivity index (χ2n) is 6.03. The molecule has 0 radical (unpaired) electrons. The van der Waals surface area contributed by atoms with E-state index in [9.17, 15) is 5.11 Å². The fourth-order valence-electron chi connectivity index (χ4n) is 2.86. The third kappa shape index (κ3) is 7.91. The summed E-state index contributed by atoms with van der Waals surface area (Å²) in [5.41, 5.74) is 0. The number of aliphatic hydroxyl groups excluding tert-OH is 1. The van der Waals surface area contributed by atoms with Crippen molar-refractivity contribution in [2.75, 3.05) is 19.8 Å². The van der Waals surface area contributed by atoms with Crippen LogP contribution in [0.2, 0.25) is 0 Å². The van der Waals surface area contributed by atoms with E-state index in [0.717, 1.165) is 18.9 Å². The van der Waals surface area contributed by atoms with E-state index in [-0.39, 0.29) is 6.10 Å². The number of hydrogen-bond donors (Lipinski definition) is 2. The van der Waals surface area contributed by atoms with Crippen molar-refractivity contribution in [2.24, 2.45) is 5.92 Å². The van der Waals surface area contributed by atoms with Crippen LogP contribution in [0.5, 0.6) is 0 Å². The van der Waals surface area contributed by atoms with Gasteiger partial charge in [-0.05, 0) is 32.1 Å². The fraction of sp³-hybridized carbons (Fsp3) is 1.00. The maximum Gasteiger partial charge on any atom is 0.0897 e. The lowest BCUT2D eigenvalue weighted by Gasteiger charge is -2.22. The molecular formula is C16H33NO2. The maximum atomic E-state index is 9.86. The summed E-state index contributed by atoms with van der Waals surface area (Å²) in [6.07, 6.45) is 9.97. The fourth-order valence-corrected chi connectivity index (χ4v) is 2.86. The molecule has 1 saturated carbocycles. The normalized spacial score (nSPS) is 19.7. The van der Waals surface area contributed by atoms with Gasteiger partial charge in [0.25, 0.3) is 0 Å². The van der Waals surface area contributed by atoms with Crippen LogP contribution in [-0.4, -0.2) is 37.0 Å². The van der Waals surface area contributed by atoms with Crippen LogP contribution >= 0.6 is 0 Å². The third-order valence-corrected chi connectivity index (χ3v) is 4.23. The Bertz CT molecular complexity index is 205. The molecule has 0 aromatic carbocycles. The number of hydrogen-bond acceptors (Lipinski definition) is 3. The molecule has 0 saturated heterocycles. The first-order valence-corrected chi connectivity index (χ1v) is 8.23. The highest BCUT2D eigenvalue weighted by molar-refractivity contribution is 4.78. The van der Waals surface area contributed by atoms with E-state index < -0.39 is 0 Å². The molecule has 0 aliphatic heterocycles. The van der Waals surface area contributed by atoms with Gasteiger partial charge in [-0.3, -0.25) is 0 Å². The van der Waals surface area contributed by atoms with Gasteiger partial charge in [-0.25, -0.2) is 0 Å². The highest BCUT2D eigenvalue weighted by atomic mass is 16.5. The van der Waals surface area contributed by atoms with E-state index >= 15 is 0 Å². The summed E-state index contributed by atoms with van der Waals surface area (Å²) >= 11 is 0. The summed E-state index contributed by atoms with van der Waals surface area (Å²) in [6.45, 7) is 6.37. The second kappa shape index (κ2) is 10.6. The molecular weight excluding hydrogens is 238 g/mol. The lowest BCUT2D eigenvalue weighted by atomic mass is 10.00. The van der Waals surface area contributed by atoms with Gasteiger partial charge in [-0.15, -0.1) is 0 Å². The molecule has 0 aromatic heterocycles. The van der Waals surface area contributed by atoms with E-state index in [2.05, 4.69) is 19.2 Å². The molecule has 0 aromatic rings. The van der Waals surface area contributed by atoms with Crippen molar-refractivity contribution in [1.82, 2.24) is 5.32 Å².